The van der Waals surface area contributed by atoms with Crippen molar-refractivity contribution in [2.45, 2.75) is 4.90 Å². The minimum absolute atomic E-state index is 0.0341. The Morgan fingerprint density at radius 1 is 0.952 bits per heavy atom. The van der Waals surface area contributed by atoms with Crippen molar-refractivity contribution in [2.75, 3.05) is 0 Å². The van der Waals surface area contributed by atoms with Crippen LogP contribution in [0.25, 0.3) is 0 Å². The molecule has 0 amide bonds. The Morgan fingerprint density at radius 3 is 2.33 bits per heavy atom. The third-order valence-corrected chi connectivity index (χ3v) is 4.79. The normalized spacial score (nSPS) is 11.8. The fourth-order valence-electron chi connectivity index (χ4n) is 1.44. The molecule has 0 heterocycles. The summed E-state index contributed by atoms with van der Waals surface area (Å²) in [5.74, 6) is 0. The Kier molecular flexibility index (Phi) is 5.11. The van der Waals surface area contributed by atoms with Crippen molar-refractivity contribution in [3.63, 3.8) is 0 Å². The first kappa shape index (κ1) is 16.1. The quantitative estimate of drug-likeness (QED) is 0.660. The van der Waals surface area contributed by atoms with Gasteiger partial charge in [-0.2, -0.15) is 13.5 Å². The smallest absolute Gasteiger partial charge is 0.200 e. The van der Waals surface area contributed by atoms with E-state index in [9.17, 15) is 8.42 Å². The lowest BCUT2D eigenvalue weighted by molar-refractivity contribution is 0.584. The summed E-state index contributed by atoms with van der Waals surface area (Å²) >= 11 is 17.5. The second-order valence-electron chi connectivity index (χ2n) is 3.95. The molecule has 21 heavy (non-hydrogen) atoms. The molecule has 0 radical (unpaired) electrons. The van der Waals surface area contributed by atoms with Gasteiger partial charge in [-0.1, -0.05) is 53.0 Å². The topological polar surface area (TPSA) is 58.5 Å². The van der Waals surface area contributed by atoms with E-state index in [2.05, 4.69) is 9.93 Å². The van der Waals surface area contributed by atoms with Gasteiger partial charge in [-0.3, -0.25) is 0 Å². The van der Waals surface area contributed by atoms with E-state index in [1.807, 2.05) is 0 Å². The first-order valence-corrected chi connectivity index (χ1v) is 8.26. The van der Waals surface area contributed by atoms with Gasteiger partial charge in [0.1, 0.15) is 0 Å². The van der Waals surface area contributed by atoms with Gasteiger partial charge in [-0.05, 0) is 24.3 Å². The maximum atomic E-state index is 12.0. The van der Waals surface area contributed by atoms with E-state index < -0.39 is 10.0 Å². The summed E-state index contributed by atoms with van der Waals surface area (Å²) in [5.41, 5.74) is 0.594. The van der Waals surface area contributed by atoms with Gasteiger partial charge >= 0.3 is 0 Å². The Balaban J connectivity index is 2.18. The number of hydrogen-bond donors (Lipinski definition) is 1. The molecule has 8 heteroatoms. The molecule has 0 spiro atoms. The van der Waals surface area contributed by atoms with Gasteiger partial charge < -0.3 is 0 Å². The molecule has 110 valence electrons. The molecule has 0 fully saturated rings. The van der Waals surface area contributed by atoms with E-state index in [0.717, 1.165) is 0 Å². The highest BCUT2D eigenvalue weighted by Gasteiger charge is 2.14. The maximum Gasteiger partial charge on any atom is 0.276 e. The van der Waals surface area contributed by atoms with E-state index in [0.29, 0.717) is 10.6 Å². The molecule has 0 saturated carbocycles. The molecular formula is C13H9Cl3N2O2S. The second kappa shape index (κ2) is 6.66. The lowest BCUT2D eigenvalue weighted by Crippen LogP contribution is -2.18. The number of rotatable bonds is 4. The molecule has 0 bridgehead atoms. The molecule has 2 rings (SSSR count). The standard InChI is InChI=1S/C13H9Cl3N2O2S/c14-11-4-2-1-3-9(11)8-17-18-21(19,20)10-5-6-12(15)13(16)7-10/h1-8,18H/b17-8+. The number of nitrogens with zero attached hydrogens (tertiary/aromatic N) is 1. The number of sulfonamides is 1. The van der Waals surface area contributed by atoms with Gasteiger partial charge in [0.2, 0.25) is 0 Å². The van der Waals surface area contributed by atoms with Crippen LogP contribution in [-0.4, -0.2) is 14.6 Å². The van der Waals surface area contributed by atoms with Crippen molar-refractivity contribution in [3.05, 3.63) is 63.1 Å². The minimum Gasteiger partial charge on any atom is -0.200 e. The molecule has 0 aliphatic rings. The number of benzene rings is 2. The van der Waals surface area contributed by atoms with Crippen LogP contribution in [0.4, 0.5) is 0 Å². The second-order valence-corrected chi connectivity index (χ2v) is 6.83. The summed E-state index contributed by atoms with van der Waals surface area (Å²) in [5, 5.41) is 4.57. The first-order valence-electron chi connectivity index (χ1n) is 5.64. The van der Waals surface area contributed by atoms with Crippen molar-refractivity contribution in [3.8, 4) is 0 Å². The zero-order valence-electron chi connectivity index (χ0n) is 10.4. The van der Waals surface area contributed by atoms with E-state index in [-0.39, 0.29) is 14.9 Å². The zero-order valence-corrected chi connectivity index (χ0v) is 13.5. The lowest BCUT2D eigenvalue weighted by atomic mass is 10.2. The highest BCUT2D eigenvalue weighted by atomic mass is 35.5. The highest BCUT2D eigenvalue weighted by molar-refractivity contribution is 7.89. The van der Waals surface area contributed by atoms with Crippen LogP contribution in [0.1, 0.15) is 5.56 Å². The molecule has 0 unspecified atom stereocenters. The Bertz CT molecular complexity index is 792. The van der Waals surface area contributed by atoms with Gasteiger partial charge in [-0.15, -0.1) is 0 Å². The van der Waals surface area contributed by atoms with Gasteiger partial charge in [0, 0.05) is 10.6 Å². The van der Waals surface area contributed by atoms with Crippen LogP contribution in [0.5, 0.6) is 0 Å². The van der Waals surface area contributed by atoms with Crippen LogP contribution in [0.2, 0.25) is 15.1 Å². The molecule has 0 atom stereocenters. The van der Waals surface area contributed by atoms with Gasteiger partial charge in [0.05, 0.1) is 21.2 Å². The van der Waals surface area contributed by atoms with Crippen molar-refractivity contribution >= 4 is 51.0 Å². The highest BCUT2D eigenvalue weighted by Crippen LogP contribution is 2.24. The number of hydrazone groups is 1. The number of halogens is 3. The molecule has 1 N–H and O–H groups in total. The SMILES string of the molecule is O=S(=O)(N/N=C/c1ccccc1Cl)c1ccc(Cl)c(Cl)c1. The van der Waals surface area contributed by atoms with Crippen molar-refractivity contribution < 1.29 is 8.42 Å². The summed E-state index contributed by atoms with van der Waals surface area (Å²) in [7, 11) is -3.82. The number of hydrogen-bond acceptors (Lipinski definition) is 3. The van der Waals surface area contributed by atoms with E-state index in [1.54, 1.807) is 24.3 Å². The average Bonchev–Trinajstić information content (AvgIpc) is 2.44. The molecule has 2 aromatic carbocycles. The lowest BCUT2D eigenvalue weighted by Gasteiger charge is -2.04. The Labute approximate surface area is 137 Å². The fourth-order valence-corrected chi connectivity index (χ4v) is 2.81. The number of nitrogens with one attached hydrogen (secondary N) is 1. The third-order valence-electron chi connectivity index (χ3n) is 2.48. The van der Waals surface area contributed by atoms with Crippen molar-refractivity contribution in [2.24, 2.45) is 5.10 Å². The van der Waals surface area contributed by atoms with Gasteiger partial charge in [0.25, 0.3) is 10.0 Å². The predicted octanol–water partition coefficient (Wildman–Crippen LogP) is 3.96. The van der Waals surface area contributed by atoms with E-state index >= 15 is 0 Å². The van der Waals surface area contributed by atoms with Crippen molar-refractivity contribution in [1.29, 1.82) is 0 Å². The molecule has 0 aromatic heterocycles. The van der Waals surface area contributed by atoms with Crippen LogP contribution in [0.15, 0.2) is 52.5 Å². The third kappa shape index (κ3) is 4.11. The maximum absolute atomic E-state index is 12.0. The molecule has 4 nitrogen and oxygen atoms in total. The van der Waals surface area contributed by atoms with Gasteiger partial charge in [-0.25, -0.2) is 4.83 Å². The van der Waals surface area contributed by atoms with Crippen molar-refractivity contribution in [1.82, 2.24) is 4.83 Å². The molecule has 0 aliphatic heterocycles. The predicted molar refractivity (Wildman–Crippen MR) is 85.8 cm³/mol. The summed E-state index contributed by atoms with van der Waals surface area (Å²) in [6.07, 6.45) is 1.32. The van der Waals surface area contributed by atoms with E-state index in [1.165, 1.54) is 24.4 Å². The van der Waals surface area contributed by atoms with Crippen LogP contribution in [0.3, 0.4) is 0 Å². The molecule has 2 aromatic rings. The van der Waals surface area contributed by atoms with Crippen LogP contribution < -0.4 is 4.83 Å². The zero-order chi connectivity index (χ0) is 15.5. The average molecular weight is 364 g/mol. The van der Waals surface area contributed by atoms with Crippen LogP contribution >= 0.6 is 34.8 Å². The largest absolute Gasteiger partial charge is 0.276 e. The monoisotopic (exact) mass is 362 g/mol. The summed E-state index contributed by atoms with van der Waals surface area (Å²) in [6.45, 7) is 0. The summed E-state index contributed by atoms with van der Waals surface area (Å²) < 4.78 is 24.0. The fraction of sp³-hybridized carbons (Fsp3) is 0. The van der Waals surface area contributed by atoms with Gasteiger partial charge in [0.15, 0.2) is 0 Å². The first-order chi connectivity index (χ1) is 9.90. The Morgan fingerprint density at radius 2 is 1.67 bits per heavy atom. The molecule has 0 aliphatic carbocycles. The van der Waals surface area contributed by atoms with Crippen LogP contribution in [-0.2, 0) is 10.0 Å². The summed E-state index contributed by atoms with van der Waals surface area (Å²) in [4.78, 5) is 2.04. The Hall–Kier alpha value is -1.27. The molecular weight excluding hydrogens is 355 g/mol. The van der Waals surface area contributed by atoms with E-state index in [4.69, 9.17) is 34.8 Å². The minimum atomic E-state index is -3.82. The van der Waals surface area contributed by atoms with Crippen LogP contribution in [0, 0.1) is 0 Å². The summed E-state index contributed by atoms with van der Waals surface area (Å²) in [6, 6.07) is 10.9. The molecule has 0 saturated heterocycles.